The maximum atomic E-state index is 14.4. The zero-order valence-corrected chi connectivity index (χ0v) is 17.8. The molecule has 0 saturated heterocycles. The van der Waals surface area contributed by atoms with Crippen LogP contribution in [0.2, 0.25) is 0 Å². The molecular formula is C25H24F4O3. The van der Waals surface area contributed by atoms with Gasteiger partial charge >= 0.3 is 0 Å². The fraction of sp³-hybridized carbons (Fsp3) is 0.280. The quantitative estimate of drug-likeness (QED) is 0.369. The lowest BCUT2D eigenvalue weighted by Crippen LogP contribution is -2.07. The van der Waals surface area contributed by atoms with Crippen molar-refractivity contribution in [3.05, 3.63) is 82.9 Å². The third-order valence-electron chi connectivity index (χ3n) is 5.02. The molecule has 0 fully saturated rings. The van der Waals surface area contributed by atoms with Crippen molar-refractivity contribution in [2.45, 2.75) is 39.4 Å². The van der Waals surface area contributed by atoms with Crippen LogP contribution in [0.4, 0.5) is 17.6 Å². The summed E-state index contributed by atoms with van der Waals surface area (Å²) < 4.78 is 67.7. The summed E-state index contributed by atoms with van der Waals surface area (Å²) in [6.07, 6.45) is -0.0990. The normalized spacial score (nSPS) is 12.0. The molecule has 1 N–H and O–H groups in total. The van der Waals surface area contributed by atoms with Crippen LogP contribution in [0.5, 0.6) is 11.5 Å². The van der Waals surface area contributed by atoms with Gasteiger partial charge in [-0.15, -0.1) is 0 Å². The van der Waals surface area contributed by atoms with Gasteiger partial charge in [0.25, 0.3) is 0 Å². The Morgan fingerprint density at radius 2 is 1.50 bits per heavy atom. The number of halogens is 4. The van der Waals surface area contributed by atoms with Gasteiger partial charge in [-0.25, -0.2) is 13.2 Å². The van der Waals surface area contributed by atoms with Crippen LogP contribution >= 0.6 is 0 Å². The Kier molecular flexibility index (Phi) is 7.75. The Morgan fingerprint density at radius 1 is 0.781 bits per heavy atom. The number of hydrogen-bond donors (Lipinski definition) is 1. The van der Waals surface area contributed by atoms with Gasteiger partial charge in [-0.05, 0) is 43.2 Å². The van der Waals surface area contributed by atoms with Crippen LogP contribution in [-0.2, 0) is 6.61 Å². The second-order valence-electron chi connectivity index (χ2n) is 7.23. The molecule has 170 valence electrons. The molecular weight excluding hydrogens is 424 g/mol. The average Bonchev–Trinajstić information content (AvgIpc) is 2.79. The molecule has 0 aliphatic carbocycles. The van der Waals surface area contributed by atoms with Gasteiger partial charge in [-0.1, -0.05) is 37.6 Å². The third kappa shape index (κ3) is 5.05. The molecule has 0 aliphatic heterocycles. The number of aliphatic hydroxyl groups is 1. The second kappa shape index (κ2) is 10.5. The topological polar surface area (TPSA) is 38.7 Å². The van der Waals surface area contributed by atoms with Crippen LogP contribution < -0.4 is 9.47 Å². The Bertz CT molecular complexity index is 1070. The summed E-state index contributed by atoms with van der Waals surface area (Å²) in [6.45, 7) is 3.49. The molecule has 3 rings (SSSR count). The number of hydrogen-bond acceptors (Lipinski definition) is 3. The van der Waals surface area contributed by atoms with E-state index in [4.69, 9.17) is 9.47 Å². The van der Waals surface area contributed by atoms with E-state index < -0.39 is 29.4 Å². The molecule has 7 heteroatoms. The maximum Gasteiger partial charge on any atom is 0.201 e. The van der Waals surface area contributed by atoms with Crippen molar-refractivity contribution in [2.75, 3.05) is 6.61 Å². The van der Waals surface area contributed by atoms with Crippen molar-refractivity contribution in [1.29, 1.82) is 0 Å². The van der Waals surface area contributed by atoms with Crippen molar-refractivity contribution >= 4 is 0 Å². The molecule has 0 radical (unpaired) electrons. The first kappa shape index (κ1) is 23.6. The minimum absolute atomic E-state index is 0.00125. The van der Waals surface area contributed by atoms with Gasteiger partial charge < -0.3 is 14.6 Å². The highest BCUT2D eigenvalue weighted by Crippen LogP contribution is 2.31. The van der Waals surface area contributed by atoms with Crippen molar-refractivity contribution in [3.8, 4) is 22.6 Å². The van der Waals surface area contributed by atoms with Gasteiger partial charge in [-0.3, -0.25) is 0 Å². The molecule has 3 aromatic carbocycles. The summed E-state index contributed by atoms with van der Waals surface area (Å²) in [7, 11) is 0. The van der Waals surface area contributed by atoms with Crippen molar-refractivity contribution in [1.82, 2.24) is 0 Å². The first-order valence-electron chi connectivity index (χ1n) is 10.4. The van der Waals surface area contributed by atoms with Crippen molar-refractivity contribution < 1.29 is 32.1 Å². The van der Waals surface area contributed by atoms with Gasteiger partial charge in [0.05, 0.1) is 12.7 Å². The fourth-order valence-electron chi connectivity index (χ4n) is 3.32. The summed E-state index contributed by atoms with van der Waals surface area (Å²) >= 11 is 0. The SMILES string of the molecule is CCCC(O)c1ccc(COc2ccc(-c3ccc(OCC)c(F)c3F)cc2)c(F)c1F. The van der Waals surface area contributed by atoms with Crippen LogP contribution in [0.3, 0.4) is 0 Å². The van der Waals surface area contributed by atoms with E-state index in [0.717, 1.165) is 0 Å². The van der Waals surface area contributed by atoms with Crippen molar-refractivity contribution in [2.24, 2.45) is 0 Å². The molecule has 0 aliphatic rings. The van der Waals surface area contributed by atoms with E-state index in [-0.39, 0.29) is 35.7 Å². The molecule has 32 heavy (non-hydrogen) atoms. The fourth-order valence-corrected chi connectivity index (χ4v) is 3.32. The molecule has 0 spiro atoms. The third-order valence-corrected chi connectivity index (χ3v) is 5.02. The minimum Gasteiger partial charge on any atom is -0.491 e. The molecule has 0 amide bonds. The minimum atomic E-state index is -1.09. The summed E-state index contributed by atoms with van der Waals surface area (Å²) in [4.78, 5) is 0. The summed E-state index contributed by atoms with van der Waals surface area (Å²) in [5.41, 5.74) is 0.399. The summed E-state index contributed by atoms with van der Waals surface area (Å²) in [6, 6.07) is 11.6. The molecule has 0 aromatic heterocycles. The first-order chi connectivity index (χ1) is 15.4. The van der Waals surface area contributed by atoms with Crippen LogP contribution in [-0.4, -0.2) is 11.7 Å². The Morgan fingerprint density at radius 3 is 2.16 bits per heavy atom. The maximum absolute atomic E-state index is 14.4. The number of aliphatic hydroxyl groups excluding tert-OH is 1. The van der Waals surface area contributed by atoms with E-state index in [1.807, 2.05) is 6.92 Å². The van der Waals surface area contributed by atoms with Crippen LogP contribution in [0.15, 0.2) is 48.5 Å². The van der Waals surface area contributed by atoms with Gasteiger partial charge in [0.2, 0.25) is 5.82 Å². The molecule has 3 aromatic rings. The van der Waals surface area contributed by atoms with E-state index in [1.54, 1.807) is 6.92 Å². The van der Waals surface area contributed by atoms with E-state index in [2.05, 4.69) is 0 Å². The zero-order chi connectivity index (χ0) is 23.3. The number of ether oxygens (including phenoxy) is 2. The standard InChI is InChI=1S/C25H24F4O3/c1-3-5-20(30)19-11-8-16(22(26)24(19)28)14-32-17-9-6-15(7-10-17)18-12-13-21(31-4-2)25(29)23(18)27/h6-13,20,30H,3-5,14H2,1-2H3. The smallest absolute Gasteiger partial charge is 0.201 e. The second-order valence-corrected chi connectivity index (χ2v) is 7.23. The predicted octanol–water partition coefficient (Wildman–Crippen LogP) is 6.72. The molecule has 0 bridgehead atoms. The van der Waals surface area contributed by atoms with Gasteiger partial charge in [0.1, 0.15) is 12.4 Å². The lowest BCUT2D eigenvalue weighted by atomic mass is 10.0. The zero-order valence-electron chi connectivity index (χ0n) is 17.8. The number of rotatable bonds is 9. The summed E-state index contributed by atoms with van der Waals surface area (Å²) in [5, 5.41) is 9.93. The molecule has 1 atom stereocenters. The van der Waals surface area contributed by atoms with E-state index in [1.165, 1.54) is 48.5 Å². The summed E-state index contributed by atoms with van der Waals surface area (Å²) in [5.74, 6) is -4.05. The average molecular weight is 448 g/mol. The lowest BCUT2D eigenvalue weighted by Gasteiger charge is -2.14. The molecule has 1 unspecified atom stereocenters. The Labute approximate surface area is 184 Å². The molecule has 0 saturated carbocycles. The van der Waals surface area contributed by atoms with Crippen LogP contribution in [0.25, 0.3) is 11.1 Å². The van der Waals surface area contributed by atoms with Gasteiger partial charge in [-0.2, -0.15) is 4.39 Å². The largest absolute Gasteiger partial charge is 0.491 e. The Balaban J connectivity index is 1.72. The van der Waals surface area contributed by atoms with Gasteiger partial charge in [0, 0.05) is 16.7 Å². The van der Waals surface area contributed by atoms with E-state index >= 15 is 0 Å². The highest BCUT2D eigenvalue weighted by atomic mass is 19.2. The molecule has 0 heterocycles. The van der Waals surface area contributed by atoms with Crippen LogP contribution in [0.1, 0.15) is 43.9 Å². The molecule has 3 nitrogen and oxygen atoms in total. The van der Waals surface area contributed by atoms with E-state index in [9.17, 15) is 22.7 Å². The van der Waals surface area contributed by atoms with Crippen molar-refractivity contribution in [3.63, 3.8) is 0 Å². The van der Waals surface area contributed by atoms with E-state index in [0.29, 0.717) is 24.2 Å². The lowest BCUT2D eigenvalue weighted by molar-refractivity contribution is 0.160. The van der Waals surface area contributed by atoms with Crippen LogP contribution in [0, 0.1) is 23.3 Å². The highest BCUT2D eigenvalue weighted by Gasteiger charge is 2.19. The predicted molar refractivity (Wildman–Crippen MR) is 114 cm³/mol. The first-order valence-corrected chi connectivity index (χ1v) is 10.4. The van der Waals surface area contributed by atoms with Gasteiger partial charge in [0.15, 0.2) is 23.2 Å². The Hall–Kier alpha value is -3.06. The number of benzene rings is 3. The highest BCUT2D eigenvalue weighted by molar-refractivity contribution is 5.66. The monoisotopic (exact) mass is 448 g/mol.